The number of hydrogen-bond donors (Lipinski definition) is 2. The average molecular weight is 121 g/mol. The molecule has 0 aliphatic heterocycles. The monoisotopic (exact) mass is 121 g/mol. The van der Waals surface area contributed by atoms with Crippen LogP contribution in [0.2, 0.25) is 0 Å². The summed E-state index contributed by atoms with van der Waals surface area (Å²) >= 11 is 0. The zero-order valence-corrected chi connectivity index (χ0v) is 5.68. The molecule has 44 valence electrons. The quantitative estimate of drug-likeness (QED) is 0.334. The largest absolute Gasteiger partial charge is 0.394 e. The first kappa shape index (κ1) is 7.10. The molecule has 0 amide bonds. The fraction of sp³-hybridized carbons (Fsp3) is 1.00. The van der Waals surface area contributed by atoms with Gasteiger partial charge in [0.05, 0.1) is 13.2 Å². The summed E-state index contributed by atoms with van der Waals surface area (Å²) in [5.74, 6) is 0. The Bertz CT molecular complexity index is 32.1. The Hall–Kier alpha value is 0.0969. The summed E-state index contributed by atoms with van der Waals surface area (Å²) in [6, 6.07) is 0. The highest BCUT2D eigenvalue weighted by atomic mass is 28.2. The smallest absolute Gasteiger partial charge is 0.118 e. The van der Waals surface area contributed by atoms with E-state index in [4.69, 9.17) is 15.2 Å². The van der Waals surface area contributed by atoms with Crippen molar-refractivity contribution >= 4 is 9.68 Å². The molecule has 0 spiro atoms. The molecular weight excluding hydrogens is 110 g/mol. The summed E-state index contributed by atoms with van der Waals surface area (Å²) in [5, 5.41) is 13.3. The van der Waals surface area contributed by atoms with Crippen molar-refractivity contribution in [3.8, 4) is 0 Å². The van der Waals surface area contributed by atoms with Crippen molar-refractivity contribution in [1.29, 1.82) is 0 Å². The van der Waals surface area contributed by atoms with E-state index in [1.165, 1.54) is 0 Å². The molecular formula is C3H11NO2Si. The van der Waals surface area contributed by atoms with E-state index >= 15 is 0 Å². The number of aliphatic hydroxyl groups is 1. The molecule has 7 heavy (non-hydrogen) atoms. The lowest BCUT2D eigenvalue weighted by atomic mass is 10.8. The van der Waals surface area contributed by atoms with E-state index in [9.17, 15) is 0 Å². The van der Waals surface area contributed by atoms with Crippen molar-refractivity contribution in [2.75, 3.05) is 19.4 Å². The van der Waals surface area contributed by atoms with Crippen LogP contribution in [-0.2, 0) is 4.74 Å². The molecule has 0 bridgehead atoms. The first-order chi connectivity index (χ1) is 3.41. The lowest BCUT2D eigenvalue weighted by Gasteiger charge is -1.94. The molecule has 0 fully saturated rings. The average Bonchev–Trinajstić information content (AvgIpc) is 1.69. The third kappa shape index (κ3) is 6.10. The lowest BCUT2D eigenvalue weighted by Crippen LogP contribution is -2.14. The highest BCUT2D eigenvalue weighted by Crippen LogP contribution is 1.65. The second kappa shape index (κ2) is 6.10. The maximum absolute atomic E-state index is 8.14. The molecule has 0 aliphatic rings. The Morgan fingerprint density at radius 3 is 2.86 bits per heavy atom. The third-order valence-electron chi connectivity index (χ3n) is 0.498. The van der Waals surface area contributed by atoms with Gasteiger partial charge in [0.25, 0.3) is 0 Å². The van der Waals surface area contributed by atoms with Gasteiger partial charge in [0, 0.05) is 6.23 Å². The van der Waals surface area contributed by atoms with Gasteiger partial charge in [0.15, 0.2) is 0 Å². The fourth-order valence-electron chi connectivity index (χ4n) is 0.250. The van der Waals surface area contributed by atoms with Gasteiger partial charge in [-0.2, -0.15) is 0 Å². The first-order valence-electron chi connectivity index (χ1n) is 2.30. The van der Waals surface area contributed by atoms with E-state index < -0.39 is 9.68 Å². The Kier molecular flexibility index (Phi) is 6.18. The van der Waals surface area contributed by atoms with Crippen molar-refractivity contribution in [2.45, 2.75) is 0 Å². The van der Waals surface area contributed by atoms with E-state index in [0.717, 1.165) is 0 Å². The second-order valence-electron chi connectivity index (χ2n) is 1.12. The maximum atomic E-state index is 8.14. The first-order valence-corrected chi connectivity index (χ1v) is 4.12. The summed E-state index contributed by atoms with van der Waals surface area (Å²) in [6.45, 7) is 0.540. The van der Waals surface area contributed by atoms with Gasteiger partial charge in [-0.15, -0.1) is 0 Å². The number of nitrogens with two attached hydrogens (primary N) is 1. The molecule has 0 atom stereocenters. The molecule has 0 aromatic rings. The molecule has 0 aromatic heterocycles. The van der Waals surface area contributed by atoms with Crippen LogP contribution in [0.1, 0.15) is 0 Å². The summed E-state index contributed by atoms with van der Waals surface area (Å²) in [5.41, 5.74) is 0. The minimum Gasteiger partial charge on any atom is -0.394 e. The summed E-state index contributed by atoms with van der Waals surface area (Å²) in [6.07, 6.45) is 0.681. The van der Waals surface area contributed by atoms with Crippen LogP contribution in [0.15, 0.2) is 0 Å². The van der Waals surface area contributed by atoms with Crippen LogP contribution in [0.3, 0.4) is 0 Å². The molecule has 0 rings (SSSR count). The highest BCUT2D eigenvalue weighted by Gasteiger charge is 1.79. The van der Waals surface area contributed by atoms with E-state index in [-0.39, 0.29) is 6.61 Å². The summed E-state index contributed by atoms with van der Waals surface area (Å²) in [7, 11) is -0.440. The van der Waals surface area contributed by atoms with Crippen LogP contribution in [0.4, 0.5) is 0 Å². The van der Waals surface area contributed by atoms with Gasteiger partial charge in [-0.1, -0.05) is 0 Å². The molecule has 3 nitrogen and oxygen atoms in total. The van der Waals surface area contributed by atoms with E-state index in [0.29, 0.717) is 12.8 Å². The molecule has 0 unspecified atom stereocenters. The predicted molar refractivity (Wildman–Crippen MR) is 30.6 cm³/mol. The molecule has 4 heteroatoms. The normalized spacial score (nSPS) is 11.1. The Morgan fingerprint density at radius 2 is 2.43 bits per heavy atom. The number of rotatable bonds is 4. The van der Waals surface area contributed by atoms with Crippen molar-refractivity contribution in [2.24, 2.45) is 5.40 Å². The predicted octanol–water partition coefficient (Wildman–Crippen LogP) is -2.00. The molecule has 3 N–H and O–H groups in total. The Labute approximate surface area is 45.4 Å². The zero-order valence-electron chi connectivity index (χ0n) is 4.26. The van der Waals surface area contributed by atoms with Crippen LogP contribution in [0.25, 0.3) is 0 Å². The van der Waals surface area contributed by atoms with Crippen LogP contribution < -0.4 is 5.40 Å². The van der Waals surface area contributed by atoms with Crippen LogP contribution >= 0.6 is 0 Å². The number of hydrogen-bond acceptors (Lipinski definition) is 3. The van der Waals surface area contributed by atoms with Crippen molar-refractivity contribution < 1.29 is 9.84 Å². The minimum absolute atomic E-state index is 0.106. The minimum atomic E-state index is -0.440. The summed E-state index contributed by atoms with van der Waals surface area (Å²) in [4.78, 5) is 0. The summed E-state index contributed by atoms with van der Waals surface area (Å²) < 4.78 is 4.82. The Balaban J connectivity index is 2.45. The van der Waals surface area contributed by atoms with Gasteiger partial charge in [0.2, 0.25) is 0 Å². The molecule has 0 aliphatic carbocycles. The van der Waals surface area contributed by atoms with Gasteiger partial charge in [-0.3, -0.25) is 0 Å². The lowest BCUT2D eigenvalue weighted by molar-refractivity contribution is 0.121. The second-order valence-corrected chi connectivity index (χ2v) is 2.11. The van der Waals surface area contributed by atoms with Crippen LogP contribution in [0, 0.1) is 0 Å². The van der Waals surface area contributed by atoms with Crippen molar-refractivity contribution in [3.63, 3.8) is 0 Å². The number of ether oxygens (including phenoxy) is 1. The molecule has 0 saturated carbocycles. The topological polar surface area (TPSA) is 55.5 Å². The highest BCUT2D eigenvalue weighted by molar-refractivity contribution is 6.30. The van der Waals surface area contributed by atoms with Crippen molar-refractivity contribution in [3.05, 3.63) is 0 Å². The SMILES string of the molecule is N[SiH2]COCCO. The molecule has 0 aromatic carbocycles. The molecule has 0 heterocycles. The molecule has 0 saturated heterocycles. The van der Waals surface area contributed by atoms with Crippen LogP contribution in [0.5, 0.6) is 0 Å². The fourth-order valence-corrected chi connectivity index (χ4v) is 0.621. The van der Waals surface area contributed by atoms with E-state index in [1.54, 1.807) is 0 Å². The van der Waals surface area contributed by atoms with Gasteiger partial charge in [-0.25, -0.2) is 0 Å². The molecule has 0 radical (unpaired) electrons. The van der Waals surface area contributed by atoms with Gasteiger partial charge < -0.3 is 15.2 Å². The number of aliphatic hydroxyl groups excluding tert-OH is 1. The van der Waals surface area contributed by atoms with E-state index in [2.05, 4.69) is 0 Å². The van der Waals surface area contributed by atoms with Gasteiger partial charge in [-0.05, 0) is 0 Å². The van der Waals surface area contributed by atoms with E-state index in [1.807, 2.05) is 0 Å². The Morgan fingerprint density at radius 1 is 1.71 bits per heavy atom. The standard InChI is InChI=1S/C3H11NO2Si/c4-7-3-6-2-1-5/h5H,1-4,7H2. The van der Waals surface area contributed by atoms with Gasteiger partial charge in [0.1, 0.15) is 9.68 Å². The third-order valence-corrected chi connectivity index (χ3v) is 1.02. The van der Waals surface area contributed by atoms with Crippen molar-refractivity contribution in [1.82, 2.24) is 0 Å². The van der Waals surface area contributed by atoms with Gasteiger partial charge >= 0.3 is 0 Å². The zero-order chi connectivity index (χ0) is 5.54. The van der Waals surface area contributed by atoms with Crippen LogP contribution in [-0.4, -0.2) is 34.2 Å². The maximum Gasteiger partial charge on any atom is 0.118 e.